The molecular weight excluding hydrogens is 352 g/mol. The number of carbonyl (C=O) groups excluding carboxylic acids is 2. The highest BCUT2D eigenvalue weighted by Gasteiger charge is 2.41. The van der Waals surface area contributed by atoms with E-state index < -0.39 is 11.7 Å². The summed E-state index contributed by atoms with van der Waals surface area (Å²) in [5.74, 6) is 0. The smallest absolute Gasteiger partial charge is 0.407 e. The van der Waals surface area contributed by atoms with Gasteiger partial charge in [-0.25, -0.2) is 14.3 Å². The van der Waals surface area contributed by atoms with Crippen molar-refractivity contribution in [2.75, 3.05) is 19.7 Å². The minimum absolute atomic E-state index is 0.181. The molecular formula is C17H24N6O4. The molecule has 0 aromatic carbocycles. The first-order valence-corrected chi connectivity index (χ1v) is 8.68. The fraction of sp³-hybridized carbons (Fsp3) is 0.529. The molecule has 1 aromatic heterocycles. The van der Waals surface area contributed by atoms with E-state index in [1.807, 2.05) is 6.08 Å². The standard InChI is InChI=1S/C17H24N6O4/c1-5-6-26-23-14-7-13(10-21(11-14)16(23)25)22-9-12(19-20-22)8-18-15(24)27-17(2,3)4/h5,7,9,14H,1,6,8,10-11H2,2-4H3,(H,18,24). The lowest BCUT2D eigenvalue weighted by molar-refractivity contribution is -0.107. The minimum atomic E-state index is -0.561. The van der Waals surface area contributed by atoms with Crippen molar-refractivity contribution in [3.63, 3.8) is 0 Å². The van der Waals surface area contributed by atoms with Gasteiger partial charge in [-0.1, -0.05) is 11.3 Å². The molecule has 3 rings (SSSR count). The minimum Gasteiger partial charge on any atom is -0.444 e. The number of hydrogen-bond acceptors (Lipinski definition) is 6. The van der Waals surface area contributed by atoms with Crippen LogP contribution in [-0.4, -0.2) is 68.4 Å². The van der Waals surface area contributed by atoms with Crippen LogP contribution < -0.4 is 5.32 Å². The van der Waals surface area contributed by atoms with Crippen molar-refractivity contribution in [1.82, 2.24) is 30.3 Å². The zero-order valence-corrected chi connectivity index (χ0v) is 15.7. The molecule has 146 valence electrons. The molecule has 1 unspecified atom stereocenters. The quantitative estimate of drug-likeness (QED) is 0.753. The molecule has 10 nitrogen and oxygen atoms in total. The van der Waals surface area contributed by atoms with Crippen molar-refractivity contribution in [3.8, 4) is 0 Å². The van der Waals surface area contributed by atoms with Crippen LogP contribution in [0.2, 0.25) is 0 Å². The number of nitrogens with one attached hydrogen (secondary N) is 1. The first kappa shape index (κ1) is 18.9. The molecule has 3 amide bonds. The average Bonchev–Trinajstić information content (AvgIpc) is 3.14. The van der Waals surface area contributed by atoms with Gasteiger partial charge in [-0.3, -0.25) is 4.84 Å². The number of hydrogen-bond donors (Lipinski definition) is 1. The third-order valence-electron chi connectivity index (χ3n) is 3.88. The molecule has 0 saturated carbocycles. The summed E-state index contributed by atoms with van der Waals surface area (Å²) in [4.78, 5) is 31.2. The lowest BCUT2D eigenvalue weighted by atomic mass is 10.2. The Morgan fingerprint density at radius 2 is 2.26 bits per heavy atom. The van der Waals surface area contributed by atoms with Crippen LogP contribution >= 0.6 is 0 Å². The van der Waals surface area contributed by atoms with Crippen LogP contribution in [0, 0.1) is 0 Å². The first-order chi connectivity index (χ1) is 12.8. The molecule has 2 aliphatic heterocycles. The van der Waals surface area contributed by atoms with Crippen LogP contribution in [-0.2, 0) is 16.1 Å². The average molecular weight is 376 g/mol. The van der Waals surface area contributed by atoms with Crippen LogP contribution in [0.3, 0.4) is 0 Å². The number of aromatic nitrogens is 3. The fourth-order valence-corrected chi connectivity index (χ4v) is 2.81. The Hall–Kier alpha value is -2.88. The lowest BCUT2D eigenvalue weighted by Crippen LogP contribution is -2.33. The van der Waals surface area contributed by atoms with Crippen LogP contribution in [0.25, 0.3) is 5.70 Å². The Kier molecular flexibility index (Phi) is 5.17. The van der Waals surface area contributed by atoms with E-state index in [1.165, 1.54) is 5.06 Å². The summed E-state index contributed by atoms with van der Waals surface area (Å²) in [5, 5.41) is 12.2. The van der Waals surface area contributed by atoms with Crippen LogP contribution in [0.1, 0.15) is 26.5 Å². The van der Waals surface area contributed by atoms with Gasteiger partial charge in [-0.05, 0) is 26.8 Å². The number of carbonyl (C=O) groups is 2. The van der Waals surface area contributed by atoms with Gasteiger partial charge in [0.25, 0.3) is 0 Å². The molecule has 0 radical (unpaired) electrons. The number of rotatable bonds is 6. The molecule has 1 atom stereocenters. The second kappa shape index (κ2) is 7.39. The monoisotopic (exact) mass is 376 g/mol. The molecule has 27 heavy (non-hydrogen) atoms. The summed E-state index contributed by atoms with van der Waals surface area (Å²) in [6.45, 7) is 10.4. The van der Waals surface area contributed by atoms with Crippen molar-refractivity contribution < 1.29 is 19.2 Å². The second-order valence-corrected chi connectivity index (χ2v) is 7.31. The fourth-order valence-electron chi connectivity index (χ4n) is 2.81. The van der Waals surface area contributed by atoms with Gasteiger partial charge < -0.3 is 15.0 Å². The predicted octanol–water partition coefficient (Wildman–Crippen LogP) is 1.38. The van der Waals surface area contributed by atoms with E-state index in [1.54, 1.807) is 42.6 Å². The van der Waals surface area contributed by atoms with E-state index in [9.17, 15) is 9.59 Å². The van der Waals surface area contributed by atoms with Gasteiger partial charge in [0.2, 0.25) is 0 Å². The van der Waals surface area contributed by atoms with Crippen molar-refractivity contribution in [3.05, 3.63) is 30.6 Å². The van der Waals surface area contributed by atoms with Gasteiger partial charge in [0.05, 0.1) is 37.6 Å². The van der Waals surface area contributed by atoms with Crippen molar-refractivity contribution in [2.45, 2.75) is 39.0 Å². The number of amides is 3. The Labute approximate surface area is 157 Å². The highest BCUT2D eigenvalue weighted by Crippen LogP contribution is 2.26. The summed E-state index contributed by atoms with van der Waals surface area (Å²) in [5.41, 5.74) is 0.843. The highest BCUT2D eigenvalue weighted by molar-refractivity contribution is 5.80. The third-order valence-corrected chi connectivity index (χ3v) is 3.88. The van der Waals surface area contributed by atoms with E-state index in [-0.39, 0.29) is 25.2 Å². The lowest BCUT2D eigenvalue weighted by Gasteiger charge is -2.21. The largest absolute Gasteiger partial charge is 0.444 e. The van der Waals surface area contributed by atoms with Gasteiger partial charge in [-0.2, -0.15) is 5.06 Å². The van der Waals surface area contributed by atoms with Gasteiger partial charge >= 0.3 is 12.1 Å². The number of alkyl carbamates (subject to hydrolysis) is 1. The van der Waals surface area contributed by atoms with E-state index in [2.05, 4.69) is 22.2 Å². The molecule has 2 bridgehead atoms. The van der Waals surface area contributed by atoms with Crippen LogP contribution in [0.15, 0.2) is 24.9 Å². The summed E-state index contributed by atoms with van der Waals surface area (Å²) in [6.07, 6.45) is 4.73. The molecule has 1 fully saturated rings. The Bertz CT molecular complexity index is 766. The number of fused-ring (bicyclic) bond motifs is 2. The van der Waals surface area contributed by atoms with Gasteiger partial charge in [0.15, 0.2) is 0 Å². The third kappa shape index (κ3) is 4.45. The highest BCUT2D eigenvalue weighted by atomic mass is 16.7. The number of ether oxygens (including phenoxy) is 1. The molecule has 0 aliphatic carbocycles. The molecule has 2 aliphatic rings. The zero-order valence-electron chi connectivity index (χ0n) is 15.7. The molecule has 10 heteroatoms. The maximum Gasteiger partial charge on any atom is 0.407 e. The summed E-state index contributed by atoms with van der Waals surface area (Å²) in [6, 6.07) is -0.367. The van der Waals surface area contributed by atoms with E-state index >= 15 is 0 Å². The summed E-state index contributed by atoms with van der Waals surface area (Å²) in [7, 11) is 0. The van der Waals surface area contributed by atoms with E-state index in [0.717, 1.165) is 5.70 Å². The van der Waals surface area contributed by atoms with E-state index in [4.69, 9.17) is 9.57 Å². The Balaban J connectivity index is 1.62. The maximum atomic E-state index is 12.3. The molecule has 1 saturated heterocycles. The SMILES string of the molecule is C=CCON1C(=O)N2CC(n3cc(CNC(=O)OC(C)(C)C)nn3)=CC1C2. The number of nitrogens with zero attached hydrogens (tertiary/aromatic N) is 5. The Morgan fingerprint density at radius 3 is 2.96 bits per heavy atom. The van der Waals surface area contributed by atoms with E-state index in [0.29, 0.717) is 18.8 Å². The second-order valence-electron chi connectivity index (χ2n) is 7.31. The van der Waals surface area contributed by atoms with Gasteiger partial charge in [0, 0.05) is 6.54 Å². The van der Waals surface area contributed by atoms with Gasteiger partial charge in [0.1, 0.15) is 11.3 Å². The number of hydroxylamine groups is 2. The normalized spacial score (nSPS) is 19.1. The Morgan fingerprint density at radius 1 is 1.48 bits per heavy atom. The topological polar surface area (TPSA) is 102 Å². The first-order valence-electron chi connectivity index (χ1n) is 8.68. The number of urea groups is 1. The van der Waals surface area contributed by atoms with Crippen LogP contribution in [0.4, 0.5) is 9.59 Å². The molecule has 3 heterocycles. The summed E-state index contributed by atoms with van der Waals surface area (Å²) < 4.78 is 6.79. The molecule has 0 spiro atoms. The van der Waals surface area contributed by atoms with Crippen molar-refractivity contribution in [1.29, 1.82) is 0 Å². The van der Waals surface area contributed by atoms with Crippen molar-refractivity contribution in [2.24, 2.45) is 0 Å². The van der Waals surface area contributed by atoms with Crippen molar-refractivity contribution >= 4 is 17.8 Å². The maximum absolute atomic E-state index is 12.3. The predicted molar refractivity (Wildman–Crippen MR) is 96.1 cm³/mol. The zero-order chi connectivity index (χ0) is 19.6. The molecule has 1 aromatic rings. The summed E-state index contributed by atoms with van der Waals surface area (Å²) >= 11 is 0. The molecule has 1 N–H and O–H groups in total. The van der Waals surface area contributed by atoms with Gasteiger partial charge in [-0.15, -0.1) is 11.7 Å². The van der Waals surface area contributed by atoms with Crippen LogP contribution in [0.5, 0.6) is 0 Å².